The van der Waals surface area contributed by atoms with Crippen LogP contribution in [0.2, 0.25) is 0 Å². The fourth-order valence-corrected chi connectivity index (χ4v) is 32.4. The summed E-state index contributed by atoms with van der Waals surface area (Å²) in [5.41, 5.74) is 9.90. The molecule has 87 heavy (non-hydrogen) atoms. The van der Waals surface area contributed by atoms with E-state index in [-0.39, 0.29) is 274 Å². The molecule has 0 unspecified atom stereocenters. The summed E-state index contributed by atoms with van der Waals surface area (Å²) in [5, 5.41) is 60.9. The third-order valence-electron chi connectivity index (χ3n) is 12.7. The van der Waals surface area contributed by atoms with Crippen molar-refractivity contribution in [3.63, 3.8) is 0 Å². The summed E-state index contributed by atoms with van der Waals surface area (Å²) in [6.45, 7) is 19.9. The number of nitrogens with zero attached hydrogens (tertiary/aromatic N) is 10. The minimum atomic E-state index is -0.532. The Kier molecular flexibility index (Phi) is 48.6. The zero-order chi connectivity index (χ0) is 56.5. The van der Waals surface area contributed by atoms with Crippen molar-refractivity contribution < 1.29 is 329 Å². The third-order valence-corrected chi connectivity index (χ3v) is 19.6. The molecular formula is C53H53CoHe3Hf6Hg4N10O8S2-3. The van der Waals surface area contributed by atoms with Crippen molar-refractivity contribution in [2.24, 2.45) is 27.5 Å². The van der Waals surface area contributed by atoms with Gasteiger partial charge in [-0.3, -0.25) is 40.0 Å². The minimum absolute atomic E-state index is 0. The van der Waals surface area contributed by atoms with Crippen LogP contribution in [0.15, 0.2) is 126 Å². The first-order valence-corrected chi connectivity index (χ1v) is 36.1. The van der Waals surface area contributed by atoms with E-state index in [0.29, 0.717) is 23.4 Å². The maximum atomic E-state index is 11.8. The number of aryl methyl sites for hydroxylation is 4. The number of aliphatic hydroxyl groups is 2. The molecule has 1 radical (unpaired) electrons. The number of nitro groups is 2. The van der Waals surface area contributed by atoms with Crippen LogP contribution in [0.5, 0.6) is 0 Å². The van der Waals surface area contributed by atoms with Gasteiger partial charge in [0.05, 0.1) is 9.85 Å². The minimum Gasteiger partial charge on any atom is -0.358 e. The van der Waals surface area contributed by atoms with Crippen molar-refractivity contribution in [2.45, 2.75) is 77.3 Å². The van der Waals surface area contributed by atoms with Gasteiger partial charge in [-0.1, -0.05) is 58.4 Å². The predicted octanol–water partition coefficient (Wildman–Crippen LogP) is 9.65. The molecule has 2 aliphatic carbocycles. The molecule has 0 fully saturated rings. The van der Waals surface area contributed by atoms with Crippen LogP contribution in [-0.2, 0) is 293 Å². The van der Waals surface area contributed by atoms with Gasteiger partial charge in [0, 0.05) is 234 Å². The molecule has 425 valence electrons. The molecule has 3 aromatic carbocycles. The van der Waals surface area contributed by atoms with Crippen LogP contribution in [-0.4, -0.2) is 44.2 Å². The van der Waals surface area contributed by atoms with Gasteiger partial charge >= 0.3 is 234 Å². The van der Waals surface area contributed by atoms with E-state index in [2.05, 4.69) is 140 Å². The predicted molar refractivity (Wildman–Crippen MR) is 286 cm³/mol. The number of hydrogen-bond acceptors (Lipinski definition) is 15. The first kappa shape index (κ1) is 99.2. The van der Waals surface area contributed by atoms with E-state index in [9.17, 15) is 40.0 Å². The topological polar surface area (TPSA) is 246 Å². The molecule has 0 saturated heterocycles. The molecule has 2 aliphatic rings. The Morgan fingerprint density at radius 3 is 1.38 bits per heavy atom. The number of carbonyl (C=O) groups is 2. The van der Waals surface area contributed by atoms with E-state index in [1.807, 2.05) is 0 Å². The number of anilines is 1. The van der Waals surface area contributed by atoms with Gasteiger partial charge < -0.3 is 37.8 Å². The van der Waals surface area contributed by atoms with Gasteiger partial charge in [-0.2, -0.15) is 0 Å². The van der Waals surface area contributed by atoms with E-state index in [0.717, 1.165) is 127 Å². The quantitative estimate of drug-likeness (QED) is 0.0344. The number of benzene rings is 3. The Balaban J connectivity index is -0.000000272. The zero-order valence-electron chi connectivity index (χ0n) is 50.8. The Bertz CT molecular complexity index is 3600. The maximum Gasteiger partial charge on any atom is 0 e. The molecule has 0 aliphatic heterocycles. The van der Waals surface area contributed by atoms with Crippen molar-refractivity contribution in [2.75, 3.05) is 4.90 Å². The number of hydrogen-bond donors (Lipinski definition) is 2. The van der Waals surface area contributed by atoms with Gasteiger partial charge in [-0.15, -0.1) is 0 Å². The number of rotatable bonds is 9. The number of carbonyl (C=O) groups excluding carboxylic acids is 2. The van der Waals surface area contributed by atoms with E-state index < -0.39 is 9.85 Å². The SMILES string of the molecule is CC1=C(C)C(=NN=c2[n-]c(C)c([N+](=O)[O-])s2)C(O)=C(C)C1=O.CC1=C(C)C(=NN=c2[n-]c(C)c([N+](=O)[O-])s2)C(O)=C(C)C1=O.C[c-]1c(/C=C/c2ccc(N([C](C)([Hg])[Hg])[C](C)([Hg])[Hg])cc2)[n+](C)c2ccc3ccccc3c21.[CH3-].[Co].[He].[He].[He].[Hf].[Hf].[Hf].[Hf].[Hf].[Hf]. The Morgan fingerprint density at radius 1 is 0.621 bits per heavy atom. The summed E-state index contributed by atoms with van der Waals surface area (Å²) in [7, 11) is 2.19. The Morgan fingerprint density at radius 2 is 1.01 bits per heavy atom. The molecule has 34 heteroatoms. The van der Waals surface area contributed by atoms with Crippen LogP contribution in [0.4, 0.5) is 15.7 Å². The van der Waals surface area contributed by atoms with Crippen LogP contribution in [0, 0.1) is 66.9 Å². The Hall–Kier alpha value is 1.09. The molecule has 18 nitrogen and oxygen atoms in total. The van der Waals surface area contributed by atoms with Crippen molar-refractivity contribution >= 4 is 95.2 Å². The number of fused-ring (bicyclic) bond motifs is 3. The number of allylic oxidation sites excluding steroid dienone is 6. The summed E-state index contributed by atoms with van der Waals surface area (Å²) < 4.78 is 3.41. The monoisotopic (exact) mass is 2980 g/mol. The number of aliphatic hydroxyl groups excluding tert-OH is 2. The summed E-state index contributed by atoms with van der Waals surface area (Å²) in [6.07, 6.45) is 4.57. The van der Waals surface area contributed by atoms with Crippen molar-refractivity contribution in [1.29, 1.82) is 0 Å². The van der Waals surface area contributed by atoms with Gasteiger partial charge in [0.15, 0.2) is 11.6 Å². The smallest absolute Gasteiger partial charge is 0 e. The van der Waals surface area contributed by atoms with Crippen LogP contribution in [0.1, 0.15) is 83.6 Å². The van der Waals surface area contributed by atoms with Gasteiger partial charge in [0.25, 0.3) is 0 Å². The molecule has 0 atom stereocenters. The number of Topliss-reactive ketones (excluding diaryl/α,β-unsaturated/α-hetero) is 2. The van der Waals surface area contributed by atoms with Crippen molar-refractivity contribution in [1.82, 2.24) is 9.97 Å². The summed E-state index contributed by atoms with van der Waals surface area (Å²) in [5.74, 6) is -0.955. The second-order valence-electron chi connectivity index (χ2n) is 19.0. The van der Waals surface area contributed by atoms with E-state index in [4.69, 9.17) is 0 Å². The molecule has 0 bridgehead atoms. The first-order valence-electron chi connectivity index (χ1n) is 23.5. The molecular weight excluding hydrogens is 2910 g/mol. The zero-order valence-corrected chi connectivity index (χ0v) is 97.1. The fraction of sp³-hybridized carbons (Fsp3) is 0.264. The number of aromatic nitrogens is 3. The summed E-state index contributed by atoms with van der Waals surface area (Å²) in [4.78, 5) is 55.1. The first-order chi connectivity index (χ1) is 35.5. The average Bonchev–Trinajstić information content (AvgIpc) is 4.01. The van der Waals surface area contributed by atoms with Crippen LogP contribution in [0.25, 0.3) is 33.8 Å². The molecule has 0 amide bonds. The molecule has 0 spiro atoms. The molecule has 0 saturated carbocycles. The fourth-order valence-electron chi connectivity index (χ4n) is 8.65. The maximum absolute atomic E-state index is 11.8. The largest absolute Gasteiger partial charge is 0.358 e. The average molecular weight is 2970 g/mol. The van der Waals surface area contributed by atoms with E-state index >= 15 is 0 Å². The number of ketones is 2. The molecule has 3 heterocycles. The van der Waals surface area contributed by atoms with Crippen molar-refractivity contribution in [3.8, 4) is 0 Å². The standard InChI is InChI=1S/C26H24N2.2C13H14N4O4S.CH3.Co.3He.6Hf.4Hg/c1-5-28(6-2)22-15-11-20(12-16-22)13-17-24-19(3)26-23-10-8-7-9-21(23)14-18-25(26)27(24)4;2*1-5-6(2)10(18)7(3)11(19)9(5)15-16-13-14-8(4)12(22-13)17(20)21;;;;;;;;;;;;;;;/h7-18H,1-4H3;2*1-4H3,(H2,14,16,18,19);1H3;;;;;;;;;;;;;;/q;;;-1;;;;;;;;;;;;;;/p-2. The van der Waals surface area contributed by atoms with Crippen molar-refractivity contribution in [3.05, 3.63) is 171 Å². The second kappa shape index (κ2) is 42.6. The summed E-state index contributed by atoms with van der Waals surface area (Å²) in [6, 6.07) is 22.6. The molecule has 2 N–H and O–H groups in total. The van der Waals surface area contributed by atoms with Crippen LogP contribution < -0.4 is 29.0 Å². The van der Waals surface area contributed by atoms with Gasteiger partial charge in [0.1, 0.15) is 22.9 Å². The third kappa shape index (κ3) is 24.0. The number of thiazole rings is 2. The van der Waals surface area contributed by atoms with E-state index in [1.54, 1.807) is 27.7 Å². The molecule has 8 rings (SSSR count). The van der Waals surface area contributed by atoms with E-state index in [1.165, 1.54) is 71.9 Å². The van der Waals surface area contributed by atoms with Crippen LogP contribution in [0.3, 0.4) is 0 Å². The summed E-state index contributed by atoms with van der Waals surface area (Å²) >= 11 is 4.74. The van der Waals surface area contributed by atoms with Gasteiger partial charge in [-0.05, 0) is 66.5 Å². The molecule has 3 aromatic heterocycles. The second-order valence-corrected chi connectivity index (χ2v) is 74.8. The molecule has 6 aromatic rings. The normalized spacial score (nSPS) is 14.2. The van der Waals surface area contributed by atoms with Gasteiger partial charge in [-0.25, -0.2) is 0 Å². The van der Waals surface area contributed by atoms with Gasteiger partial charge in [0.2, 0.25) is 0 Å². The Labute approximate surface area is 702 Å². The van der Waals surface area contributed by atoms with Crippen LogP contribution >= 0.6 is 22.7 Å².